The minimum absolute atomic E-state index is 0.0404. The number of benzene rings is 1. The average Bonchev–Trinajstić information content (AvgIpc) is 3.15. The summed E-state index contributed by atoms with van der Waals surface area (Å²) < 4.78 is 33.7. The summed E-state index contributed by atoms with van der Waals surface area (Å²) in [5, 5.41) is 0. The zero-order valence-corrected chi connectivity index (χ0v) is 15.5. The fourth-order valence-electron chi connectivity index (χ4n) is 3.63. The van der Waals surface area contributed by atoms with E-state index in [0.29, 0.717) is 5.56 Å². The zero-order valence-electron chi connectivity index (χ0n) is 14.7. The highest BCUT2D eigenvalue weighted by molar-refractivity contribution is 7.89. The summed E-state index contributed by atoms with van der Waals surface area (Å²) in [6.45, 7) is 1.46. The summed E-state index contributed by atoms with van der Waals surface area (Å²) in [7, 11) is -2.29. The molecule has 1 amide bonds. The first kappa shape index (κ1) is 18.2. The van der Waals surface area contributed by atoms with Crippen molar-refractivity contribution in [1.29, 1.82) is 0 Å². The van der Waals surface area contributed by atoms with E-state index in [0.717, 1.165) is 58.0 Å². The minimum atomic E-state index is -3.73. The molecule has 6 nitrogen and oxygen atoms in total. The maximum atomic E-state index is 12.9. The molecule has 1 N–H and O–H groups in total. The average molecular weight is 366 g/mol. The van der Waals surface area contributed by atoms with Crippen LogP contribution in [0.2, 0.25) is 0 Å². The molecule has 0 aromatic heterocycles. The van der Waals surface area contributed by atoms with Gasteiger partial charge < -0.3 is 9.64 Å². The van der Waals surface area contributed by atoms with Crippen LogP contribution in [0.1, 0.15) is 55.3 Å². The first-order valence-electron chi connectivity index (χ1n) is 9.01. The van der Waals surface area contributed by atoms with Gasteiger partial charge in [0.05, 0.1) is 7.11 Å². The Bertz CT molecular complexity index is 721. The van der Waals surface area contributed by atoms with Crippen molar-refractivity contribution in [1.82, 2.24) is 9.62 Å². The summed E-state index contributed by atoms with van der Waals surface area (Å²) in [6.07, 6.45) is 6.94. The molecule has 2 aliphatic rings. The molecule has 1 saturated heterocycles. The lowest BCUT2D eigenvalue weighted by atomic mass is 9.96. The van der Waals surface area contributed by atoms with E-state index >= 15 is 0 Å². The molecule has 1 aromatic carbocycles. The smallest absolute Gasteiger partial charge is 0.253 e. The van der Waals surface area contributed by atoms with Gasteiger partial charge in [0, 0.05) is 24.7 Å². The second-order valence-corrected chi connectivity index (χ2v) is 8.50. The molecule has 7 heteroatoms. The van der Waals surface area contributed by atoms with Crippen LogP contribution in [0.25, 0.3) is 0 Å². The number of carbonyl (C=O) groups excluding carboxylic acids is 1. The molecule has 138 valence electrons. The molecule has 0 spiro atoms. The van der Waals surface area contributed by atoms with Gasteiger partial charge in [-0.2, -0.15) is 0 Å². The van der Waals surface area contributed by atoms with E-state index < -0.39 is 10.0 Å². The zero-order chi connectivity index (χ0) is 17.9. The third kappa shape index (κ3) is 4.15. The van der Waals surface area contributed by atoms with Crippen LogP contribution in [0, 0.1) is 0 Å². The molecule has 1 aliphatic carbocycles. The monoisotopic (exact) mass is 366 g/mol. The maximum Gasteiger partial charge on any atom is 0.253 e. The second kappa shape index (κ2) is 7.74. The van der Waals surface area contributed by atoms with Gasteiger partial charge in [0.25, 0.3) is 5.91 Å². The van der Waals surface area contributed by atoms with Crippen LogP contribution < -0.4 is 9.46 Å². The van der Waals surface area contributed by atoms with Gasteiger partial charge in [-0.05, 0) is 43.9 Å². The second-order valence-electron chi connectivity index (χ2n) is 6.82. The van der Waals surface area contributed by atoms with Gasteiger partial charge in [-0.1, -0.05) is 19.3 Å². The van der Waals surface area contributed by atoms with Gasteiger partial charge in [0.15, 0.2) is 0 Å². The van der Waals surface area contributed by atoms with E-state index in [1.54, 1.807) is 17.0 Å². The predicted molar refractivity (Wildman–Crippen MR) is 95.3 cm³/mol. The van der Waals surface area contributed by atoms with Crippen molar-refractivity contribution in [3.63, 3.8) is 0 Å². The number of amides is 1. The summed E-state index contributed by atoms with van der Waals surface area (Å²) >= 11 is 0. The number of likely N-dealkylation sites (tertiary alicyclic amines) is 1. The van der Waals surface area contributed by atoms with Crippen LogP contribution >= 0.6 is 0 Å². The molecule has 3 rings (SSSR count). The number of ether oxygens (including phenoxy) is 1. The largest absolute Gasteiger partial charge is 0.495 e. The van der Waals surface area contributed by atoms with Gasteiger partial charge in [0.2, 0.25) is 10.0 Å². The van der Waals surface area contributed by atoms with Crippen LogP contribution in [0.15, 0.2) is 23.1 Å². The molecule has 1 heterocycles. The summed E-state index contributed by atoms with van der Waals surface area (Å²) in [5.74, 6) is 0.149. The van der Waals surface area contributed by atoms with Crippen LogP contribution in [0.3, 0.4) is 0 Å². The van der Waals surface area contributed by atoms with Gasteiger partial charge in [-0.3, -0.25) is 4.79 Å². The van der Waals surface area contributed by atoms with E-state index in [4.69, 9.17) is 4.74 Å². The van der Waals surface area contributed by atoms with Crippen LogP contribution in [0.5, 0.6) is 5.75 Å². The Hall–Kier alpha value is -1.60. The number of hydrogen-bond donors (Lipinski definition) is 1. The number of nitrogens with zero attached hydrogens (tertiary/aromatic N) is 1. The Morgan fingerprint density at radius 3 is 2.44 bits per heavy atom. The number of rotatable bonds is 5. The SMILES string of the molecule is COc1ccc(C(=O)N2CCCC2)cc1S(=O)(=O)NC1CCCCC1. The van der Waals surface area contributed by atoms with E-state index in [-0.39, 0.29) is 22.6 Å². The molecule has 0 bridgehead atoms. The molecule has 1 saturated carbocycles. The summed E-state index contributed by atoms with van der Waals surface area (Å²) in [6, 6.07) is 4.61. The molecule has 2 fully saturated rings. The van der Waals surface area contributed by atoms with Crippen LogP contribution in [0.4, 0.5) is 0 Å². The molecule has 1 aromatic rings. The van der Waals surface area contributed by atoms with Gasteiger partial charge in [0.1, 0.15) is 10.6 Å². The lowest BCUT2D eigenvalue weighted by molar-refractivity contribution is 0.0792. The van der Waals surface area contributed by atoms with Gasteiger partial charge in [-0.25, -0.2) is 13.1 Å². The number of hydrogen-bond acceptors (Lipinski definition) is 4. The third-order valence-electron chi connectivity index (χ3n) is 5.02. The summed E-state index contributed by atoms with van der Waals surface area (Å²) in [4.78, 5) is 14.4. The Morgan fingerprint density at radius 2 is 1.80 bits per heavy atom. The Balaban J connectivity index is 1.87. The minimum Gasteiger partial charge on any atom is -0.495 e. The van der Waals surface area contributed by atoms with E-state index in [1.807, 2.05) is 0 Å². The molecule has 1 aliphatic heterocycles. The van der Waals surface area contributed by atoms with Crippen molar-refractivity contribution in [2.24, 2.45) is 0 Å². The van der Waals surface area contributed by atoms with Crippen molar-refractivity contribution in [3.8, 4) is 5.75 Å². The van der Waals surface area contributed by atoms with E-state index in [9.17, 15) is 13.2 Å². The molecular weight excluding hydrogens is 340 g/mol. The van der Waals surface area contributed by atoms with E-state index in [2.05, 4.69) is 4.72 Å². The number of nitrogens with one attached hydrogen (secondary N) is 1. The Labute approximate surface area is 149 Å². The third-order valence-corrected chi connectivity index (χ3v) is 6.56. The molecule has 0 atom stereocenters. The van der Waals surface area contributed by atoms with Crippen LogP contribution in [-0.2, 0) is 10.0 Å². The highest BCUT2D eigenvalue weighted by atomic mass is 32.2. The van der Waals surface area contributed by atoms with Gasteiger partial charge >= 0.3 is 0 Å². The van der Waals surface area contributed by atoms with Crippen molar-refractivity contribution in [3.05, 3.63) is 23.8 Å². The fraction of sp³-hybridized carbons (Fsp3) is 0.611. The predicted octanol–water partition coefficient (Wildman–Crippen LogP) is 2.54. The number of carbonyl (C=O) groups is 1. The highest BCUT2D eigenvalue weighted by Gasteiger charge is 2.27. The fourth-order valence-corrected chi connectivity index (χ4v) is 5.13. The van der Waals surface area contributed by atoms with Crippen molar-refractivity contribution in [2.45, 2.75) is 55.9 Å². The van der Waals surface area contributed by atoms with Crippen molar-refractivity contribution in [2.75, 3.05) is 20.2 Å². The normalized spacial score (nSPS) is 19.2. The van der Waals surface area contributed by atoms with Crippen molar-refractivity contribution >= 4 is 15.9 Å². The molecule has 0 unspecified atom stereocenters. The highest BCUT2D eigenvalue weighted by Crippen LogP contribution is 2.28. The maximum absolute atomic E-state index is 12.9. The molecule has 25 heavy (non-hydrogen) atoms. The molecule has 0 radical (unpaired) electrons. The number of methoxy groups -OCH3 is 1. The quantitative estimate of drug-likeness (QED) is 0.869. The first-order valence-corrected chi connectivity index (χ1v) is 10.5. The van der Waals surface area contributed by atoms with E-state index in [1.165, 1.54) is 13.2 Å². The van der Waals surface area contributed by atoms with Gasteiger partial charge in [-0.15, -0.1) is 0 Å². The van der Waals surface area contributed by atoms with Crippen LogP contribution in [-0.4, -0.2) is 45.5 Å². The van der Waals surface area contributed by atoms with Crippen molar-refractivity contribution < 1.29 is 17.9 Å². The Kier molecular flexibility index (Phi) is 5.64. The summed E-state index contributed by atoms with van der Waals surface area (Å²) in [5.41, 5.74) is 0.395. The molecular formula is C18H26N2O4S. The lowest BCUT2D eigenvalue weighted by Gasteiger charge is -2.23. The topological polar surface area (TPSA) is 75.7 Å². The standard InChI is InChI=1S/C18H26N2O4S/c1-24-16-10-9-14(18(21)20-11-5-6-12-20)13-17(16)25(22,23)19-15-7-3-2-4-8-15/h9-10,13,15,19H,2-8,11-12H2,1H3. The first-order chi connectivity index (χ1) is 12.0. The Morgan fingerprint density at radius 1 is 1.12 bits per heavy atom. The lowest BCUT2D eigenvalue weighted by Crippen LogP contribution is -2.36. The number of sulfonamides is 1.